The standard InChI is InChI=1S/C22H26N6O2.ClH/c29-20(18-6-4-11-23-16-18)25-19-9-7-17(8-10-19)21-26-27-22(30-21)24-12-5-15-28-13-2-1-3-14-28;/h4,6-11,16H,1-3,5,12-15H2,(H,24,27)(H,25,29);1H. The van der Waals surface area contributed by atoms with Gasteiger partial charge >= 0.3 is 6.01 Å². The summed E-state index contributed by atoms with van der Waals surface area (Å²) in [6, 6.07) is 11.2. The molecule has 0 unspecified atom stereocenters. The minimum atomic E-state index is -0.204. The summed E-state index contributed by atoms with van der Waals surface area (Å²) in [6.07, 6.45) is 8.19. The van der Waals surface area contributed by atoms with Gasteiger partial charge < -0.3 is 20.0 Å². The second-order valence-corrected chi connectivity index (χ2v) is 7.37. The molecule has 1 aliphatic rings. The monoisotopic (exact) mass is 442 g/mol. The van der Waals surface area contributed by atoms with E-state index in [4.69, 9.17) is 4.42 Å². The highest BCUT2D eigenvalue weighted by Crippen LogP contribution is 2.22. The van der Waals surface area contributed by atoms with Gasteiger partial charge in [-0.25, -0.2) is 0 Å². The van der Waals surface area contributed by atoms with Crippen LogP contribution in [-0.2, 0) is 0 Å². The first-order chi connectivity index (χ1) is 14.8. The first kappa shape index (κ1) is 22.7. The number of anilines is 2. The van der Waals surface area contributed by atoms with Crippen molar-refractivity contribution in [3.63, 3.8) is 0 Å². The minimum absolute atomic E-state index is 0. The third-order valence-corrected chi connectivity index (χ3v) is 5.11. The number of halogens is 1. The number of hydrogen-bond acceptors (Lipinski definition) is 7. The molecule has 1 amide bonds. The summed E-state index contributed by atoms with van der Waals surface area (Å²) in [6.45, 7) is 4.32. The quantitative estimate of drug-likeness (QED) is 0.507. The maximum atomic E-state index is 12.2. The van der Waals surface area contributed by atoms with E-state index in [1.54, 1.807) is 30.5 Å². The van der Waals surface area contributed by atoms with Crippen LogP contribution in [0.3, 0.4) is 0 Å². The average molecular weight is 443 g/mol. The Kier molecular flexibility index (Phi) is 8.37. The molecule has 1 aliphatic heterocycles. The molecule has 2 N–H and O–H groups in total. The van der Waals surface area contributed by atoms with E-state index in [-0.39, 0.29) is 18.3 Å². The summed E-state index contributed by atoms with van der Waals surface area (Å²) in [4.78, 5) is 18.7. The van der Waals surface area contributed by atoms with Crippen LogP contribution in [0.15, 0.2) is 53.2 Å². The van der Waals surface area contributed by atoms with Gasteiger partial charge in [0.05, 0.1) is 5.56 Å². The van der Waals surface area contributed by atoms with Crippen LogP contribution in [-0.4, -0.2) is 52.2 Å². The maximum Gasteiger partial charge on any atom is 0.315 e. The average Bonchev–Trinajstić information content (AvgIpc) is 3.27. The molecule has 9 heteroatoms. The number of benzene rings is 1. The Labute approximate surface area is 187 Å². The molecule has 0 spiro atoms. The Hall–Kier alpha value is -2.97. The van der Waals surface area contributed by atoms with Gasteiger partial charge in [0.1, 0.15) is 0 Å². The van der Waals surface area contributed by atoms with Crippen molar-refractivity contribution in [3.05, 3.63) is 54.4 Å². The summed E-state index contributed by atoms with van der Waals surface area (Å²) in [5, 5.41) is 14.2. The van der Waals surface area contributed by atoms with Gasteiger partial charge in [-0.1, -0.05) is 11.5 Å². The minimum Gasteiger partial charge on any atom is -0.403 e. The van der Waals surface area contributed by atoms with Crippen molar-refractivity contribution in [1.29, 1.82) is 0 Å². The lowest BCUT2D eigenvalue weighted by molar-refractivity contribution is 0.102. The van der Waals surface area contributed by atoms with Crippen molar-refractivity contribution >= 4 is 30.0 Å². The number of carbonyl (C=O) groups excluding carboxylic acids is 1. The van der Waals surface area contributed by atoms with Crippen LogP contribution >= 0.6 is 12.4 Å². The van der Waals surface area contributed by atoms with E-state index in [0.29, 0.717) is 23.2 Å². The topological polar surface area (TPSA) is 96.2 Å². The van der Waals surface area contributed by atoms with E-state index in [1.165, 1.54) is 38.5 Å². The highest BCUT2D eigenvalue weighted by Gasteiger charge is 2.11. The lowest BCUT2D eigenvalue weighted by atomic mass is 10.1. The maximum absolute atomic E-state index is 12.2. The predicted molar refractivity (Wildman–Crippen MR) is 123 cm³/mol. The number of likely N-dealkylation sites (tertiary alicyclic amines) is 1. The number of nitrogens with zero attached hydrogens (tertiary/aromatic N) is 4. The molecule has 1 aromatic carbocycles. The zero-order valence-corrected chi connectivity index (χ0v) is 18.1. The number of nitrogens with one attached hydrogen (secondary N) is 2. The number of hydrogen-bond donors (Lipinski definition) is 2. The molecular formula is C22H27ClN6O2. The fourth-order valence-electron chi connectivity index (χ4n) is 3.49. The number of pyridine rings is 1. The van der Waals surface area contributed by atoms with Crippen molar-refractivity contribution in [2.45, 2.75) is 25.7 Å². The van der Waals surface area contributed by atoms with Gasteiger partial charge in [-0.05, 0) is 75.3 Å². The first-order valence-corrected chi connectivity index (χ1v) is 10.4. The Bertz CT molecular complexity index is 942. The van der Waals surface area contributed by atoms with Crippen LogP contribution in [0.1, 0.15) is 36.0 Å². The van der Waals surface area contributed by atoms with Crippen molar-refractivity contribution in [2.24, 2.45) is 0 Å². The lowest BCUT2D eigenvalue weighted by Gasteiger charge is -2.26. The van der Waals surface area contributed by atoms with E-state index in [2.05, 4.69) is 30.7 Å². The Morgan fingerprint density at radius 1 is 1.06 bits per heavy atom. The SMILES string of the molecule is Cl.O=C(Nc1ccc(-c2nnc(NCCCN3CCCCC3)o2)cc1)c1cccnc1. The number of aromatic nitrogens is 3. The molecule has 0 radical (unpaired) electrons. The number of piperidine rings is 1. The van der Waals surface area contributed by atoms with Crippen molar-refractivity contribution < 1.29 is 9.21 Å². The molecule has 0 aliphatic carbocycles. The Morgan fingerprint density at radius 3 is 2.61 bits per heavy atom. The van der Waals surface area contributed by atoms with Crippen LogP contribution in [0.4, 0.5) is 11.7 Å². The molecule has 0 saturated carbocycles. The molecule has 3 heterocycles. The first-order valence-electron chi connectivity index (χ1n) is 10.4. The largest absolute Gasteiger partial charge is 0.403 e. The summed E-state index contributed by atoms with van der Waals surface area (Å²) in [7, 11) is 0. The molecule has 3 aromatic rings. The molecule has 0 atom stereocenters. The van der Waals surface area contributed by atoms with Crippen LogP contribution in [0, 0.1) is 0 Å². The molecule has 1 saturated heterocycles. The molecule has 2 aromatic heterocycles. The molecule has 4 rings (SSSR count). The van der Waals surface area contributed by atoms with Gasteiger partial charge in [0.2, 0.25) is 5.89 Å². The number of amides is 1. The van der Waals surface area contributed by atoms with E-state index in [0.717, 1.165) is 25.1 Å². The van der Waals surface area contributed by atoms with Crippen molar-refractivity contribution in [1.82, 2.24) is 20.1 Å². The molecule has 164 valence electrons. The third kappa shape index (κ3) is 6.50. The predicted octanol–water partition coefficient (Wildman–Crippen LogP) is 4.09. The van der Waals surface area contributed by atoms with Gasteiger partial charge in [0.25, 0.3) is 5.91 Å². The van der Waals surface area contributed by atoms with Gasteiger partial charge in [-0.15, -0.1) is 17.5 Å². The third-order valence-electron chi connectivity index (χ3n) is 5.11. The molecule has 31 heavy (non-hydrogen) atoms. The van der Waals surface area contributed by atoms with E-state index in [9.17, 15) is 4.79 Å². The molecule has 0 bridgehead atoms. The summed E-state index contributed by atoms with van der Waals surface area (Å²) < 4.78 is 5.71. The molecule has 1 fully saturated rings. The van der Waals surface area contributed by atoms with Crippen molar-refractivity contribution in [2.75, 3.05) is 36.8 Å². The smallest absolute Gasteiger partial charge is 0.315 e. The van der Waals surface area contributed by atoms with Gasteiger partial charge in [0.15, 0.2) is 0 Å². The molecule has 8 nitrogen and oxygen atoms in total. The Morgan fingerprint density at radius 2 is 1.87 bits per heavy atom. The van der Waals surface area contributed by atoms with E-state index < -0.39 is 0 Å². The van der Waals surface area contributed by atoms with Crippen molar-refractivity contribution in [3.8, 4) is 11.5 Å². The van der Waals surface area contributed by atoms with Crippen LogP contribution in [0.5, 0.6) is 0 Å². The second-order valence-electron chi connectivity index (χ2n) is 7.37. The number of rotatable bonds is 8. The highest BCUT2D eigenvalue weighted by molar-refractivity contribution is 6.04. The molecular weight excluding hydrogens is 416 g/mol. The van der Waals surface area contributed by atoms with Gasteiger partial charge in [0, 0.05) is 30.2 Å². The fourth-order valence-corrected chi connectivity index (χ4v) is 3.49. The van der Waals surface area contributed by atoms with E-state index in [1.807, 2.05) is 12.1 Å². The highest BCUT2D eigenvalue weighted by atomic mass is 35.5. The van der Waals surface area contributed by atoms with Gasteiger partial charge in [-0.2, -0.15) is 0 Å². The summed E-state index contributed by atoms with van der Waals surface area (Å²) in [5.74, 6) is 0.239. The second kappa shape index (κ2) is 11.4. The van der Waals surface area contributed by atoms with Gasteiger partial charge in [-0.3, -0.25) is 9.78 Å². The lowest BCUT2D eigenvalue weighted by Crippen LogP contribution is -2.31. The number of carbonyl (C=O) groups is 1. The van der Waals surface area contributed by atoms with Crippen LogP contribution in [0.25, 0.3) is 11.5 Å². The fraction of sp³-hybridized carbons (Fsp3) is 0.364. The zero-order valence-electron chi connectivity index (χ0n) is 17.3. The van der Waals surface area contributed by atoms with Crippen LogP contribution < -0.4 is 10.6 Å². The van der Waals surface area contributed by atoms with Crippen LogP contribution in [0.2, 0.25) is 0 Å². The summed E-state index contributed by atoms with van der Waals surface area (Å²) in [5.41, 5.74) is 1.99. The normalized spacial score (nSPS) is 13.9. The zero-order chi connectivity index (χ0) is 20.6. The van der Waals surface area contributed by atoms with E-state index >= 15 is 0 Å². The Balaban J connectivity index is 0.00000272. The summed E-state index contributed by atoms with van der Waals surface area (Å²) >= 11 is 0.